The van der Waals surface area contributed by atoms with Gasteiger partial charge in [-0.25, -0.2) is 0 Å². The molecule has 154 valence electrons. The Bertz CT molecular complexity index is 801. The maximum absolute atomic E-state index is 12.7. The molecule has 0 saturated heterocycles. The number of fused-ring (bicyclic) bond motifs is 5. The van der Waals surface area contributed by atoms with Crippen molar-refractivity contribution in [1.29, 1.82) is 0 Å². The topological polar surface area (TPSA) is 94.8 Å². The molecule has 5 nitrogen and oxygen atoms in total. The molecule has 3 fully saturated rings. The number of allylic oxidation sites excluding steroid dienone is 4. The Morgan fingerprint density at radius 1 is 1.29 bits per heavy atom. The van der Waals surface area contributed by atoms with E-state index < -0.39 is 27.0 Å². The molecule has 3 saturated carbocycles. The minimum Gasteiger partial charge on any atom is -0.393 e. The van der Waals surface area contributed by atoms with E-state index in [1.54, 1.807) is 34.7 Å². The number of hydrogen-bond acceptors (Lipinski definition) is 5. The Labute approximate surface area is 179 Å². The zero-order valence-corrected chi connectivity index (χ0v) is 18.8. The normalized spacial score (nSPS) is 48.8. The lowest BCUT2D eigenvalue weighted by Crippen LogP contribution is -2.62. The molecule has 3 N–H and O–H groups in total. The van der Waals surface area contributed by atoms with Crippen LogP contribution in [0, 0.1) is 28.6 Å². The predicted molar refractivity (Wildman–Crippen MR) is 113 cm³/mol. The van der Waals surface area contributed by atoms with Crippen molar-refractivity contribution in [3.8, 4) is 0 Å². The monoisotopic (exact) mass is 500 g/mol. The molecule has 2 unspecified atom stereocenters. The van der Waals surface area contributed by atoms with Gasteiger partial charge < -0.3 is 15.3 Å². The molecule has 0 bridgehead atoms. The number of alkyl halides is 1. The van der Waals surface area contributed by atoms with Crippen LogP contribution in [0.15, 0.2) is 23.3 Å². The molecule has 0 aromatic carbocycles. The summed E-state index contributed by atoms with van der Waals surface area (Å²) in [6.07, 6.45) is 5.77. The zero-order valence-electron chi connectivity index (χ0n) is 16.6. The van der Waals surface area contributed by atoms with E-state index in [1.807, 2.05) is 13.8 Å². The summed E-state index contributed by atoms with van der Waals surface area (Å²) < 4.78 is -1.25. The highest BCUT2D eigenvalue weighted by atomic mass is 127. The Balaban J connectivity index is 1.77. The minimum atomic E-state index is -1.60. The summed E-state index contributed by atoms with van der Waals surface area (Å²) in [4.78, 5) is 24.8. The number of halogens is 1. The molecule has 4 aliphatic rings. The third-order valence-corrected chi connectivity index (χ3v) is 9.37. The van der Waals surface area contributed by atoms with E-state index in [2.05, 4.69) is 6.92 Å². The van der Waals surface area contributed by atoms with Crippen LogP contribution in [-0.2, 0) is 9.59 Å². The molecule has 28 heavy (non-hydrogen) atoms. The second-order valence-corrected chi connectivity index (χ2v) is 10.9. The lowest BCUT2D eigenvalue weighted by molar-refractivity contribution is -0.179. The van der Waals surface area contributed by atoms with Gasteiger partial charge in [-0.2, -0.15) is 0 Å². The number of aliphatic hydroxyl groups excluding tert-OH is 2. The molecule has 0 aromatic heterocycles. The molecule has 0 radical (unpaired) electrons. The lowest BCUT2D eigenvalue weighted by atomic mass is 9.45. The summed E-state index contributed by atoms with van der Waals surface area (Å²) in [6.45, 7) is 6.04. The van der Waals surface area contributed by atoms with Crippen molar-refractivity contribution in [3.05, 3.63) is 23.3 Å². The molecule has 0 heterocycles. The van der Waals surface area contributed by atoms with Crippen molar-refractivity contribution in [2.45, 2.75) is 68.7 Å². The molecular formula is C22H29IO5. The smallest absolute Gasteiger partial charge is 0.203 e. The number of aliphatic hydroxyl groups is 3. The van der Waals surface area contributed by atoms with Gasteiger partial charge in [0, 0.05) is 16.7 Å². The second-order valence-electron chi connectivity index (χ2n) is 9.72. The number of hydrogen-bond donors (Lipinski definition) is 3. The van der Waals surface area contributed by atoms with Gasteiger partial charge in [0.05, 0.1) is 6.10 Å². The maximum atomic E-state index is 12.7. The van der Waals surface area contributed by atoms with Crippen LogP contribution in [0.2, 0.25) is 0 Å². The Morgan fingerprint density at radius 3 is 2.61 bits per heavy atom. The van der Waals surface area contributed by atoms with Crippen LogP contribution in [0.25, 0.3) is 0 Å². The van der Waals surface area contributed by atoms with Crippen LogP contribution in [0.3, 0.4) is 0 Å². The fraction of sp³-hybridized carbons (Fsp3) is 0.727. The Kier molecular flexibility index (Phi) is 4.78. The molecule has 0 amide bonds. The van der Waals surface area contributed by atoms with Gasteiger partial charge in [0.1, 0.15) is 5.60 Å². The van der Waals surface area contributed by atoms with E-state index in [4.69, 9.17) is 0 Å². The summed E-state index contributed by atoms with van der Waals surface area (Å²) in [5.74, 6) is -0.271. The quantitative estimate of drug-likeness (QED) is 0.401. The molecule has 8 atom stereocenters. The van der Waals surface area contributed by atoms with Crippen LogP contribution in [0.4, 0.5) is 0 Å². The van der Waals surface area contributed by atoms with E-state index in [0.717, 1.165) is 24.0 Å². The molecule has 0 aromatic rings. The number of carbonyl (C=O) groups is 2. The van der Waals surface area contributed by atoms with Crippen molar-refractivity contribution in [3.63, 3.8) is 0 Å². The van der Waals surface area contributed by atoms with E-state index in [0.29, 0.717) is 19.3 Å². The highest BCUT2D eigenvalue weighted by Crippen LogP contribution is 2.68. The standard InChI is InChI=1S/C22H29IO5/c1-11-8-13(24)9-12-4-5-14-15-6-7-22(28,18(26)19(23)27)20(15,2)10-16(25)17(14)21(11,12)3/h8-9,14-17,19,25,27-28H,4-7,10H2,1-3H3/t14-,15-,16?,17+,19?,20-,21-,22-/m0/s1. The van der Waals surface area contributed by atoms with Crippen LogP contribution in [0.5, 0.6) is 0 Å². The minimum absolute atomic E-state index is 0.0236. The Morgan fingerprint density at radius 2 is 1.96 bits per heavy atom. The van der Waals surface area contributed by atoms with E-state index in [1.165, 1.54) is 0 Å². The number of ketones is 2. The predicted octanol–water partition coefficient (Wildman–Crippen LogP) is 2.71. The summed E-state index contributed by atoms with van der Waals surface area (Å²) >= 11 is 1.65. The van der Waals surface area contributed by atoms with Crippen molar-refractivity contribution < 1.29 is 24.9 Å². The fourth-order valence-electron chi connectivity index (χ4n) is 7.29. The summed E-state index contributed by atoms with van der Waals surface area (Å²) in [7, 11) is 0. The number of Topliss-reactive ketones (excluding diaryl/α,β-unsaturated/α-hetero) is 1. The van der Waals surface area contributed by atoms with Crippen LogP contribution >= 0.6 is 22.6 Å². The molecule has 4 aliphatic carbocycles. The van der Waals surface area contributed by atoms with E-state index >= 15 is 0 Å². The average molecular weight is 500 g/mol. The molecule has 0 aliphatic heterocycles. The molecule has 4 rings (SSSR count). The van der Waals surface area contributed by atoms with Gasteiger partial charge in [0.25, 0.3) is 0 Å². The molecular weight excluding hydrogens is 471 g/mol. The fourth-order valence-corrected chi connectivity index (χ4v) is 7.80. The molecule has 0 spiro atoms. The van der Waals surface area contributed by atoms with Crippen molar-refractivity contribution in [2.75, 3.05) is 0 Å². The van der Waals surface area contributed by atoms with Crippen LogP contribution in [0.1, 0.15) is 52.9 Å². The third kappa shape index (κ3) is 2.47. The van der Waals surface area contributed by atoms with Crippen LogP contribution < -0.4 is 0 Å². The number of rotatable bonds is 2. The molecule has 6 heteroatoms. The van der Waals surface area contributed by atoms with Gasteiger partial charge in [-0.05, 0) is 85.6 Å². The van der Waals surface area contributed by atoms with Crippen molar-refractivity contribution >= 4 is 34.2 Å². The highest BCUT2D eigenvalue weighted by molar-refractivity contribution is 14.1. The van der Waals surface area contributed by atoms with Gasteiger partial charge >= 0.3 is 0 Å². The SMILES string of the molecule is CC1=CC(=O)C=C2CC[C@@H]3[C@H](C(O)C[C@@]4(C)[C@H]3CC[C@]4(O)C(=O)C(O)I)[C@@]12C. The van der Waals surface area contributed by atoms with Gasteiger partial charge in [-0.15, -0.1) is 0 Å². The first-order valence-corrected chi connectivity index (χ1v) is 11.4. The first-order valence-electron chi connectivity index (χ1n) is 10.2. The van der Waals surface area contributed by atoms with Gasteiger partial charge in [-0.1, -0.05) is 25.0 Å². The summed E-state index contributed by atoms with van der Waals surface area (Å²) in [6, 6.07) is 0. The van der Waals surface area contributed by atoms with Crippen LogP contribution in [-0.4, -0.2) is 42.7 Å². The van der Waals surface area contributed by atoms with E-state index in [-0.39, 0.29) is 29.0 Å². The van der Waals surface area contributed by atoms with Gasteiger partial charge in [-0.3, -0.25) is 9.59 Å². The summed E-state index contributed by atoms with van der Waals surface area (Å²) in [5, 5.41) is 32.6. The largest absolute Gasteiger partial charge is 0.393 e. The van der Waals surface area contributed by atoms with Crippen molar-refractivity contribution in [2.24, 2.45) is 28.6 Å². The highest BCUT2D eigenvalue weighted by Gasteiger charge is 2.68. The average Bonchev–Trinajstić information content (AvgIpc) is 2.87. The van der Waals surface area contributed by atoms with Gasteiger partial charge in [0.15, 0.2) is 9.89 Å². The first-order chi connectivity index (χ1) is 13.0. The first kappa shape index (κ1) is 20.7. The Hall–Kier alpha value is -0.570. The second kappa shape index (κ2) is 6.46. The summed E-state index contributed by atoms with van der Waals surface area (Å²) in [5.41, 5.74) is -0.608. The van der Waals surface area contributed by atoms with E-state index in [9.17, 15) is 24.9 Å². The lowest BCUT2D eigenvalue weighted by Gasteiger charge is -2.60. The number of carbonyl (C=O) groups excluding carboxylic acids is 2. The van der Waals surface area contributed by atoms with Gasteiger partial charge in [0.2, 0.25) is 5.78 Å². The maximum Gasteiger partial charge on any atom is 0.203 e. The third-order valence-electron chi connectivity index (χ3n) is 8.81. The van der Waals surface area contributed by atoms with Crippen molar-refractivity contribution in [1.82, 2.24) is 0 Å². The zero-order chi connectivity index (χ0) is 20.6.